The van der Waals surface area contributed by atoms with E-state index in [0.717, 1.165) is 52.9 Å². The molecule has 146 valence electrons. The fourth-order valence-corrected chi connectivity index (χ4v) is 4.53. The van der Waals surface area contributed by atoms with Crippen LogP contribution < -0.4 is 14.4 Å². The lowest BCUT2D eigenvalue weighted by atomic mass is 9.99. The summed E-state index contributed by atoms with van der Waals surface area (Å²) in [6.07, 6.45) is 3.97. The second kappa shape index (κ2) is 7.68. The molecule has 5 heteroatoms. The highest BCUT2D eigenvalue weighted by Crippen LogP contribution is 2.32. The minimum atomic E-state index is -0.136. The monoisotopic (exact) mass is 379 g/mol. The number of para-hydroxylation sites is 1. The van der Waals surface area contributed by atoms with Crippen LogP contribution in [0.3, 0.4) is 0 Å². The average molecular weight is 379 g/mol. The number of rotatable bonds is 6. The number of H-pyrrole nitrogens is 1. The zero-order valence-electron chi connectivity index (χ0n) is 16.6. The highest BCUT2D eigenvalue weighted by molar-refractivity contribution is 6.09. The first kappa shape index (κ1) is 18.6. The summed E-state index contributed by atoms with van der Waals surface area (Å²) in [7, 11) is 3.37. The summed E-state index contributed by atoms with van der Waals surface area (Å²) in [5.74, 6) is 1.86. The molecular weight excluding hydrogens is 352 g/mol. The van der Waals surface area contributed by atoms with Crippen molar-refractivity contribution in [2.45, 2.75) is 31.8 Å². The number of fused-ring (bicyclic) bond motifs is 1. The van der Waals surface area contributed by atoms with Crippen LogP contribution in [0.2, 0.25) is 0 Å². The number of hydrogen-bond donors (Lipinski definition) is 2. The van der Waals surface area contributed by atoms with Gasteiger partial charge in [0.1, 0.15) is 23.6 Å². The van der Waals surface area contributed by atoms with Gasteiger partial charge < -0.3 is 19.4 Å². The number of ketones is 1. The summed E-state index contributed by atoms with van der Waals surface area (Å²) < 4.78 is 11.0. The lowest BCUT2D eigenvalue weighted by Crippen LogP contribution is -3.14. The van der Waals surface area contributed by atoms with Gasteiger partial charge in [0.15, 0.2) is 0 Å². The van der Waals surface area contributed by atoms with E-state index in [1.54, 1.807) is 14.2 Å². The molecule has 2 N–H and O–H groups in total. The van der Waals surface area contributed by atoms with Gasteiger partial charge in [-0.3, -0.25) is 4.79 Å². The molecule has 1 aliphatic rings. The fraction of sp³-hybridized carbons (Fsp3) is 0.348. The van der Waals surface area contributed by atoms with E-state index in [2.05, 4.69) is 11.1 Å². The molecule has 1 aromatic heterocycles. The average Bonchev–Trinajstić information content (AvgIpc) is 3.39. The molecule has 0 saturated carbocycles. The topological polar surface area (TPSA) is 55.8 Å². The van der Waals surface area contributed by atoms with Gasteiger partial charge in [0, 0.05) is 35.5 Å². The quantitative estimate of drug-likeness (QED) is 0.647. The van der Waals surface area contributed by atoms with E-state index >= 15 is 0 Å². The molecule has 1 aliphatic heterocycles. The molecule has 0 radical (unpaired) electrons. The first-order chi connectivity index (χ1) is 13.6. The molecule has 1 fully saturated rings. The van der Waals surface area contributed by atoms with Crippen LogP contribution in [0.4, 0.5) is 0 Å². The first-order valence-electron chi connectivity index (χ1n) is 9.82. The summed E-state index contributed by atoms with van der Waals surface area (Å²) in [5.41, 5.74) is 2.90. The molecule has 2 heterocycles. The third kappa shape index (κ3) is 3.16. The van der Waals surface area contributed by atoms with Crippen molar-refractivity contribution in [3.63, 3.8) is 0 Å². The number of aromatic nitrogens is 1. The zero-order valence-corrected chi connectivity index (χ0v) is 16.6. The van der Waals surface area contributed by atoms with E-state index in [9.17, 15) is 4.79 Å². The van der Waals surface area contributed by atoms with Crippen LogP contribution in [0.15, 0.2) is 48.7 Å². The van der Waals surface area contributed by atoms with Gasteiger partial charge in [-0.15, -0.1) is 0 Å². The normalized spacial score (nSPS) is 20.2. The van der Waals surface area contributed by atoms with E-state index in [1.807, 2.05) is 49.5 Å². The summed E-state index contributed by atoms with van der Waals surface area (Å²) in [5, 5.41) is 0.994. The Bertz CT molecular complexity index is 994. The molecule has 2 aromatic carbocycles. The molecule has 0 bridgehead atoms. The Labute approximate surface area is 165 Å². The maximum atomic E-state index is 13.4. The van der Waals surface area contributed by atoms with Crippen LogP contribution in [0, 0.1) is 0 Å². The fourth-order valence-electron chi connectivity index (χ4n) is 4.53. The van der Waals surface area contributed by atoms with Crippen LogP contribution in [0.25, 0.3) is 10.9 Å². The molecule has 0 spiro atoms. The molecule has 3 atom stereocenters. The van der Waals surface area contributed by atoms with Crippen molar-refractivity contribution in [1.29, 1.82) is 0 Å². The Morgan fingerprint density at radius 3 is 2.79 bits per heavy atom. The van der Waals surface area contributed by atoms with Crippen LogP contribution in [-0.2, 0) is 0 Å². The van der Waals surface area contributed by atoms with Crippen molar-refractivity contribution < 1.29 is 19.2 Å². The second-order valence-corrected chi connectivity index (χ2v) is 7.46. The molecule has 28 heavy (non-hydrogen) atoms. The number of hydrogen-bond acceptors (Lipinski definition) is 3. The molecule has 0 amide bonds. The van der Waals surface area contributed by atoms with Gasteiger partial charge in [0.05, 0.1) is 26.3 Å². The first-order valence-corrected chi connectivity index (χ1v) is 9.82. The minimum absolute atomic E-state index is 0.136. The maximum Gasteiger partial charge on any atom is 0.221 e. The molecule has 4 rings (SSSR count). The Hall–Kier alpha value is -2.79. The largest absolute Gasteiger partial charge is 0.497 e. The molecule has 1 unspecified atom stereocenters. The summed E-state index contributed by atoms with van der Waals surface area (Å²) >= 11 is 0. The second-order valence-electron chi connectivity index (χ2n) is 7.46. The Morgan fingerprint density at radius 2 is 2.00 bits per heavy atom. The summed E-state index contributed by atoms with van der Waals surface area (Å²) in [6.45, 7) is 3.02. The van der Waals surface area contributed by atoms with Gasteiger partial charge in [-0.2, -0.15) is 0 Å². The van der Waals surface area contributed by atoms with Crippen molar-refractivity contribution in [1.82, 2.24) is 4.98 Å². The summed E-state index contributed by atoms with van der Waals surface area (Å²) in [6, 6.07) is 14.0. The van der Waals surface area contributed by atoms with Crippen molar-refractivity contribution in [2.75, 3.05) is 20.8 Å². The van der Waals surface area contributed by atoms with Gasteiger partial charge in [0.2, 0.25) is 5.78 Å². The number of methoxy groups -OCH3 is 2. The molecule has 1 saturated heterocycles. The lowest BCUT2D eigenvalue weighted by molar-refractivity contribution is -0.931. The summed E-state index contributed by atoms with van der Waals surface area (Å²) in [4.78, 5) is 17.9. The molecular formula is C23H27N2O3+. The highest BCUT2D eigenvalue weighted by Gasteiger charge is 2.39. The number of aromatic amines is 1. The minimum Gasteiger partial charge on any atom is -0.497 e. The number of Topliss-reactive ketones (excluding diaryl/α,β-unsaturated/α-hetero) is 1. The van der Waals surface area contributed by atoms with E-state index in [1.165, 1.54) is 4.90 Å². The van der Waals surface area contributed by atoms with E-state index in [4.69, 9.17) is 9.47 Å². The van der Waals surface area contributed by atoms with Crippen molar-refractivity contribution in [3.05, 3.63) is 59.8 Å². The van der Waals surface area contributed by atoms with Gasteiger partial charge in [0.25, 0.3) is 0 Å². The van der Waals surface area contributed by atoms with Crippen LogP contribution in [0.1, 0.15) is 41.7 Å². The Balaban J connectivity index is 1.66. The van der Waals surface area contributed by atoms with Crippen molar-refractivity contribution >= 4 is 16.7 Å². The molecule has 3 aromatic rings. The predicted molar refractivity (Wildman–Crippen MR) is 109 cm³/mol. The van der Waals surface area contributed by atoms with Crippen molar-refractivity contribution in [3.8, 4) is 11.5 Å². The van der Waals surface area contributed by atoms with Crippen molar-refractivity contribution in [2.24, 2.45) is 0 Å². The SMILES string of the molecule is COc1ccc(OC)c([C@H]2CCC[NH+]2[C@@H](C)C(=O)c2c[nH]c3ccccc23)c1. The number of benzene rings is 2. The number of nitrogens with one attached hydrogen (secondary N) is 2. The van der Waals surface area contributed by atoms with E-state index in [-0.39, 0.29) is 17.9 Å². The van der Waals surface area contributed by atoms with Gasteiger partial charge in [-0.1, -0.05) is 18.2 Å². The van der Waals surface area contributed by atoms with Gasteiger partial charge >= 0.3 is 0 Å². The maximum absolute atomic E-state index is 13.4. The smallest absolute Gasteiger partial charge is 0.221 e. The van der Waals surface area contributed by atoms with Gasteiger partial charge in [-0.25, -0.2) is 0 Å². The van der Waals surface area contributed by atoms with Crippen LogP contribution >= 0.6 is 0 Å². The number of carbonyl (C=O) groups is 1. The molecule has 0 aliphatic carbocycles. The number of quaternary nitrogens is 1. The van der Waals surface area contributed by atoms with Crippen LogP contribution in [-0.4, -0.2) is 37.6 Å². The highest BCUT2D eigenvalue weighted by atomic mass is 16.5. The van der Waals surface area contributed by atoms with Gasteiger partial charge in [-0.05, 0) is 31.2 Å². The number of ether oxygens (including phenoxy) is 2. The standard InChI is InChI=1S/C23H26N2O3/c1-15(23(26)19-14-24-20-8-5-4-7-17(19)20)25-12-6-9-21(25)18-13-16(27-2)10-11-22(18)28-3/h4-5,7-8,10-11,13-15,21,24H,6,9,12H2,1-3H3/p+1/t15-,21+/m0/s1. The van der Waals surface area contributed by atoms with E-state index < -0.39 is 0 Å². The third-order valence-electron chi connectivity index (χ3n) is 6.02. The van der Waals surface area contributed by atoms with Crippen LogP contribution in [0.5, 0.6) is 11.5 Å². The van der Waals surface area contributed by atoms with E-state index in [0.29, 0.717) is 0 Å². The number of carbonyl (C=O) groups excluding carboxylic acids is 1. The third-order valence-corrected chi connectivity index (χ3v) is 6.02. The number of likely N-dealkylation sites (tertiary alicyclic amines) is 1. The Morgan fingerprint density at radius 1 is 1.18 bits per heavy atom. The molecule has 5 nitrogen and oxygen atoms in total. The Kier molecular flexibility index (Phi) is 5.09. The lowest BCUT2D eigenvalue weighted by Gasteiger charge is -2.28. The predicted octanol–water partition coefficient (Wildman–Crippen LogP) is 3.18. The zero-order chi connectivity index (χ0) is 19.7.